The third-order valence-corrected chi connectivity index (χ3v) is 7.43. The highest BCUT2D eigenvalue weighted by Gasteiger charge is 2.35. The Balaban J connectivity index is 1.52. The maximum absolute atomic E-state index is 14.0. The van der Waals surface area contributed by atoms with Gasteiger partial charge in [-0.3, -0.25) is 4.90 Å². The number of halogens is 8. The molecule has 0 bridgehead atoms. The molecular formula is C25H13F8NO5S. The summed E-state index contributed by atoms with van der Waals surface area (Å²) in [7, 11) is -5.11. The van der Waals surface area contributed by atoms with Crippen molar-refractivity contribution in [1.29, 1.82) is 0 Å². The zero-order chi connectivity index (χ0) is 29.1. The van der Waals surface area contributed by atoms with Gasteiger partial charge in [-0.25, -0.2) is 18.0 Å². The van der Waals surface area contributed by atoms with Crippen LogP contribution in [0.2, 0.25) is 0 Å². The number of anilines is 1. The lowest BCUT2D eigenvalue weighted by Crippen LogP contribution is -2.25. The fraction of sp³-hybridized carbons (Fsp3) is 0.160. The standard InChI is InChI=1S/C25H13F8NO5S/c26-18-19(27)21(29)23(22(30)20(18)28)39-40(36,37)13-3-6-14-11(9-13)1-4-15(14)16-5-2-12(25(31,32)33)10-17(16)34-7-8-38-24(34)35/h2-6,9-10H,1,7-8H2. The summed E-state index contributed by atoms with van der Waals surface area (Å²) in [6.07, 6.45) is -3.97. The Kier molecular flexibility index (Phi) is 6.51. The number of allylic oxidation sites excluding steroid dienone is 1. The van der Waals surface area contributed by atoms with E-state index in [2.05, 4.69) is 4.18 Å². The molecule has 0 saturated carbocycles. The SMILES string of the molecule is O=C1OCCN1c1cc(C(F)(F)F)ccc1C1=CCc2cc(S(=O)(=O)Oc3c(F)c(F)c(F)c(F)c3F)ccc21. The van der Waals surface area contributed by atoms with Gasteiger partial charge >= 0.3 is 22.4 Å². The zero-order valence-corrected chi connectivity index (χ0v) is 20.4. The van der Waals surface area contributed by atoms with Gasteiger partial charge in [0.1, 0.15) is 11.5 Å². The molecule has 1 fully saturated rings. The zero-order valence-electron chi connectivity index (χ0n) is 19.6. The molecule has 1 heterocycles. The van der Waals surface area contributed by atoms with Gasteiger partial charge in [0.15, 0.2) is 0 Å². The first-order valence-electron chi connectivity index (χ1n) is 11.2. The van der Waals surface area contributed by atoms with Crippen LogP contribution in [-0.2, 0) is 27.5 Å². The van der Waals surface area contributed by atoms with Gasteiger partial charge in [0, 0.05) is 5.56 Å². The molecule has 1 aliphatic heterocycles. The molecular weight excluding hydrogens is 578 g/mol. The molecule has 0 N–H and O–H groups in total. The number of cyclic esters (lactones) is 1. The minimum absolute atomic E-state index is 0.0144. The molecule has 0 spiro atoms. The monoisotopic (exact) mass is 591 g/mol. The first-order chi connectivity index (χ1) is 18.7. The number of hydrogen-bond acceptors (Lipinski definition) is 5. The Labute approximate surface area is 220 Å². The Bertz CT molecular complexity index is 1690. The predicted molar refractivity (Wildman–Crippen MR) is 121 cm³/mol. The van der Waals surface area contributed by atoms with Crippen LogP contribution in [0.4, 0.5) is 45.6 Å². The van der Waals surface area contributed by atoms with Crippen molar-refractivity contribution < 1.29 is 57.3 Å². The van der Waals surface area contributed by atoms with Crippen molar-refractivity contribution in [2.45, 2.75) is 17.5 Å². The maximum atomic E-state index is 14.0. The minimum atomic E-state index is -5.11. The Morgan fingerprint density at radius 3 is 2.08 bits per heavy atom. The van der Waals surface area contributed by atoms with Gasteiger partial charge in [-0.1, -0.05) is 18.2 Å². The van der Waals surface area contributed by atoms with Crippen LogP contribution in [-0.4, -0.2) is 27.7 Å². The second kappa shape index (κ2) is 9.50. The molecule has 15 heteroatoms. The summed E-state index contributed by atoms with van der Waals surface area (Å²) in [6.45, 7) is -0.0616. The number of hydrogen-bond donors (Lipinski definition) is 0. The number of ether oxygens (including phenoxy) is 1. The molecule has 1 saturated heterocycles. The van der Waals surface area contributed by atoms with E-state index in [9.17, 15) is 48.3 Å². The Morgan fingerprint density at radius 2 is 1.48 bits per heavy atom. The lowest BCUT2D eigenvalue weighted by molar-refractivity contribution is -0.137. The number of nitrogens with zero attached hydrogens (tertiary/aromatic N) is 1. The molecule has 3 aromatic carbocycles. The second-order valence-electron chi connectivity index (χ2n) is 8.57. The average molecular weight is 591 g/mol. The van der Waals surface area contributed by atoms with Gasteiger partial charge in [0.05, 0.1) is 17.8 Å². The van der Waals surface area contributed by atoms with E-state index in [1.165, 1.54) is 6.07 Å². The molecule has 1 amide bonds. The molecule has 3 aromatic rings. The van der Waals surface area contributed by atoms with E-state index in [0.717, 1.165) is 35.2 Å². The Morgan fingerprint density at radius 1 is 0.850 bits per heavy atom. The molecule has 0 atom stereocenters. The predicted octanol–water partition coefficient (Wildman–Crippen LogP) is 6.11. The van der Waals surface area contributed by atoms with Gasteiger partial charge in [-0.15, -0.1) is 0 Å². The van der Waals surface area contributed by atoms with Crippen molar-refractivity contribution >= 4 is 27.5 Å². The van der Waals surface area contributed by atoms with E-state index < -0.39 is 67.7 Å². The van der Waals surface area contributed by atoms with Crippen LogP contribution in [0.5, 0.6) is 5.75 Å². The van der Waals surface area contributed by atoms with E-state index in [0.29, 0.717) is 11.1 Å². The third-order valence-electron chi connectivity index (χ3n) is 6.21. The van der Waals surface area contributed by atoms with Gasteiger partial charge in [0.2, 0.25) is 34.8 Å². The number of carbonyl (C=O) groups is 1. The van der Waals surface area contributed by atoms with E-state index in [1.54, 1.807) is 6.08 Å². The summed E-state index contributed by atoms with van der Waals surface area (Å²) in [6, 6.07) is 5.93. The average Bonchev–Trinajstić information content (AvgIpc) is 3.53. The highest BCUT2D eigenvalue weighted by molar-refractivity contribution is 7.87. The van der Waals surface area contributed by atoms with Crippen LogP contribution in [0.3, 0.4) is 0 Å². The van der Waals surface area contributed by atoms with Crippen molar-refractivity contribution in [1.82, 2.24) is 0 Å². The highest BCUT2D eigenvalue weighted by Crippen LogP contribution is 2.42. The van der Waals surface area contributed by atoms with E-state index in [4.69, 9.17) is 4.74 Å². The van der Waals surface area contributed by atoms with E-state index >= 15 is 0 Å². The maximum Gasteiger partial charge on any atom is 0.416 e. The summed E-state index contributed by atoms with van der Waals surface area (Å²) < 4.78 is 143. The van der Waals surface area contributed by atoms with Crippen molar-refractivity contribution in [3.8, 4) is 5.75 Å². The number of benzene rings is 3. The normalized spacial score (nSPS) is 15.2. The quantitative estimate of drug-likeness (QED) is 0.155. The van der Waals surface area contributed by atoms with Gasteiger partial charge in [-0.05, 0) is 47.4 Å². The van der Waals surface area contributed by atoms with Crippen molar-refractivity contribution in [3.05, 3.63) is 93.8 Å². The van der Waals surface area contributed by atoms with Crippen molar-refractivity contribution in [2.24, 2.45) is 0 Å². The van der Waals surface area contributed by atoms with Crippen LogP contribution in [0.15, 0.2) is 47.4 Å². The van der Waals surface area contributed by atoms with E-state index in [1.807, 2.05) is 0 Å². The number of fused-ring (bicyclic) bond motifs is 1. The molecule has 5 rings (SSSR count). The topological polar surface area (TPSA) is 72.9 Å². The number of amides is 1. The fourth-order valence-electron chi connectivity index (χ4n) is 4.32. The lowest BCUT2D eigenvalue weighted by Gasteiger charge is -2.21. The second-order valence-corrected chi connectivity index (χ2v) is 10.1. The molecule has 1 aliphatic carbocycles. The smallest absolute Gasteiger partial charge is 0.416 e. The summed E-state index contributed by atoms with van der Waals surface area (Å²) in [5.74, 6) is -14.3. The molecule has 0 unspecified atom stereocenters. The summed E-state index contributed by atoms with van der Waals surface area (Å²) in [4.78, 5) is 12.5. The number of carbonyl (C=O) groups excluding carboxylic acids is 1. The van der Waals surface area contributed by atoms with Crippen LogP contribution in [0, 0.1) is 29.1 Å². The highest BCUT2D eigenvalue weighted by atomic mass is 32.2. The molecule has 0 radical (unpaired) electrons. The van der Waals surface area contributed by atoms with Gasteiger partial charge in [-0.2, -0.15) is 30.4 Å². The molecule has 210 valence electrons. The molecule has 40 heavy (non-hydrogen) atoms. The fourth-order valence-corrected chi connectivity index (χ4v) is 5.30. The largest absolute Gasteiger partial charge is 0.447 e. The molecule has 2 aliphatic rings. The molecule has 0 aromatic heterocycles. The first kappa shape index (κ1) is 27.4. The lowest BCUT2D eigenvalue weighted by atomic mass is 9.96. The van der Waals surface area contributed by atoms with Crippen LogP contribution in [0.1, 0.15) is 22.3 Å². The summed E-state index contributed by atoms with van der Waals surface area (Å²) in [5.41, 5.74) is 0.0804. The number of rotatable bonds is 5. The molecule has 6 nitrogen and oxygen atoms in total. The van der Waals surface area contributed by atoms with Crippen LogP contribution < -0.4 is 9.08 Å². The summed E-state index contributed by atoms with van der Waals surface area (Å²) >= 11 is 0. The third kappa shape index (κ3) is 4.53. The van der Waals surface area contributed by atoms with E-state index in [-0.39, 0.29) is 36.4 Å². The van der Waals surface area contributed by atoms with Gasteiger partial charge in [0.25, 0.3) is 0 Å². The van der Waals surface area contributed by atoms with Crippen LogP contribution in [0.25, 0.3) is 5.57 Å². The summed E-state index contributed by atoms with van der Waals surface area (Å²) in [5, 5.41) is 0. The first-order valence-corrected chi connectivity index (χ1v) is 12.6. The minimum Gasteiger partial charge on any atom is -0.447 e. The number of alkyl halides is 3. The van der Waals surface area contributed by atoms with Gasteiger partial charge < -0.3 is 8.92 Å². The Hall–Kier alpha value is -4.14. The van der Waals surface area contributed by atoms with Crippen LogP contribution >= 0.6 is 0 Å². The van der Waals surface area contributed by atoms with Crippen molar-refractivity contribution in [3.63, 3.8) is 0 Å². The van der Waals surface area contributed by atoms with Crippen molar-refractivity contribution in [2.75, 3.05) is 18.1 Å².